The summed E-state index contributed by atoms with van der Waals surface area (Å²) in [5.41, 5.74) is 4.03. The number of fused-ring (bicyclic) bond motifs is 2. The summed E-state index contributed by atoms with van der Waals surface area (Å²) >= 11 is 0. The van der Waals surface area contributed by atoms with Crippen molar-refractivity contribution in [2.24, 2.45) is 0 Å². The molecule has 30 heavy (non-hydrogen) atoms. The minimum atomic E-state index is -2.71. The minimum absolute atomic E-state index is 0.137. The van der Waals surface area contributed by atoms with Crippen LogP contribution in [0.3, 0.4) is 0 Å². The van der Waals surface area contributed by atoms with Crippen molar-refractivity contribution in [3.05, 3.63) is 43.1 Å². The maximum absolute atomic E-state index is 12.3. The first-order valence-corrected chi connectivity index (χ1v) is 9.77. The minimum Gasteiger partial charge on any atom is -0.350 e. The van der Waals surface area contributed by atoms with Crippen LogP contribution in [0.4, 0.5) is 14.7 Å². The largest absolute Gasteiger partial charge is 0.350 e. The van der Waals surface area contributed by atoms with E-state index in [4.69, 9.17) is 0 Å². The summed E-state index contributed by atoms with van der Waals surface area (Å²) in [7, 11) is 0. The first-order valence-electron chi connectivity index (χ1n) is 9.77. The highest BCUT2D eigenvalue weighted by Gasteiger charge is 2.24. The molecular weight excluding hydrogens is 392 g/mol. The molecule has 0 unspecified atom stereocenters. The van der Waals surface area contributed by atoms with Gasteiger partial charge in [-0.1, -0.05) is 0 Å². The molecule has 0 saturated heterocycles. The zero-order valence-corrected chi connectivity index (χ0v) is 15.9. The highest BCUT2D eigenvalue weighted by molar-refractivity contribution is 5.84. The fourth-order valence-electron chi connectivity index (χ4n) is 3.89. The van der Waals surface area contributed by atoms with Gasteiger partial charge >= 0.3 is 6.61 Å². The normalized spacial score (nSPS) is 19.6. The topological polar surface area (TPSA) is 90.1 Å². The molecule has 5 rings (SSSR count). The van der Waals surface area contributed by atoms with Crippen LogP contribution in [0.1, 0.15) is 25.7 Å². The molecule has 0 spiro atoms. The molecule has 0 bridgehead atoms. The molecule has 4 aromatic rings. The molecule has 0 atom stereocenters. The van der Waals surface area contributed by atoms with Gasteiger partial charge in [0.1, 0.15) is 5.52 Å². The number of hydrogen-bond donors (Lipinski definition) is 1. The Morgan fingerprint density at radius 2 is 1.87 bits per heavy atom. The van der Waals surface area contributed by atoms with Gasteiger partial charge in [-0.2, -0.15) is 8.78 Å². The monoisotopic (exact) mass is 411 g/mol. The predicted molar refractivity (Wildman–Crippen MR) is 106 cm³/mol. The number of nitrogens with zero attached hydrogens (tertiary/aromatic N) is 6. The van der Waals surface area contributed by atoms with E-state index >= 15 is 0 Å². The summed E-state index contributed by atoms with van der Waals surface area (Å²) in [6.45, 7) is -2.71. The lowest BCUT2D eigenvalue weighted by molar-refractivity contribution is -0.169. The van der Waals surface area contributed by atoms with Gasteiger partial charge in [0.15, 0.2) is 5.65 Å². The molecule has 0 amide bonds. The molecule has 0 aliphatic heterocycles. The average Bonchev–Trinajstić information content (AvgIpc) is 3.18. The number of ether oxygens (including phenoxy) is 1. The second kappa shape index (κ2) is 7.86. The van der Waals surface area contributed by atoms with E-state index in [9.17, 15) is 8.78 Å². The van der Waals surface area contributed by atoms with E-state index in [-0.39, 0.29) is 12.1 Å². The maximum Gasteiger partial charge on any atom is 0.345 e. The molecule has 1 aliphatic carbocycles. The molecule has 1 saturated carbocycles. The summed E-state index contributed by atoms with van der Waals surface area (Å²) in [5, 5.41) is 7.84. The van der Waals surface area contributed by atoms with Gasteiger partial charge in [-0.15, -0.1) is 5.10 Å². The van der Waals surface area contributed by atoms with Crippen LogP contribution >= 0.6 is 0 Å². The van der Waals surface area contributed by atoms with Gasteiger partial charge in [-0.3, -0.25) is 4.98 Å². The van der Waals surface area contributed by atoms with E-state index in [2.05, 4.69) is 35.1 Å². The molecule has 4 heterocycles. The first-order chi connectivity index (χ1) is 14.7. The molecule has 0 aromatic carbocycles. The Morgan fingerprint density at radius 3 is 2.70 bits per heavy atom. The van der Waals surface area contributed by atoms with E-state index < -0.39 is 6.61 Å². The highest BCUT2D eigenvalue weighted by atomic mass is 19.3. The van der Waals surface area contributed by atoms with Crippen molar-refractivity contribution < 1.29 is 13.5 Å². The number of alkyl halides is 2. The van der Waals surface area contributed by atoms with Crippen molar-refractivity contribution in [2.45, 2.75) is 44.4 Å². The second-order valence-electron chi connectivity index (χ2n) is 7.28. The lowest BCUT2D eigenvalue weighted by atomic mass is 9.93. The SMILES string of the molecule is FC(F)OC1CCC(Nc2ncc3c(-c4cnc5nccnc5c4)ccn3n2)CC1. The maximum atomic E-state index is 12.3. The van der Waals surface area contributed by atoms with Crippen LogP contribution in [0.2, 0.25) is 0 Å². The molecule has 1 N–H and O–H groups in total. The zero-order chi connectivity index (χ0) is 20.5. The number of rotatable bonds is 5. The van der Waals surface area contributed by atoms with Gasteiger partial charge in [0.2, 0.25) is 5.95 Å². The number of nitrogens with one attached hydrogen (secondary N) is 1. The van der Waals surface area contributed by atoms with Gasteiger partial charge in [-0.05, 0) is 37.8 Å². The summed E-state index contributed by atoms with van der Waals surface area (Å²) in [5.74, 6) is 0.505. The Morgan fingerprint density at radius 1 is 1.03 bits per heavy atom. The van der Waals surface area contributed by atoms with Crippen molar-refractivity contribution in [2.75, 3.05) is 5.32 Å². The zero-order valence-electron chi connectivity index (χ0n) is 15.9. The quantitative estimate of drug-likeness (QED) is 0.536. The van der Waals surface area contributed by atoms with Crippen LogP contribution in [0, 0.1) is 0 Å². The third-order valence-corrected chi connectivity index (χ3v) is 5.35. The van der Waals surface area contributed by atoms with Gasteiger partial charge in [0, 0.05) is 42.0 Å². The van der Waals surface area contributed by atoms with E-state index in [0.717, 1.165) is 35.0 Å². The average molecular weight is 411 g/mol. The Hall–Kier alpha value is -3.27. The molecule has 10 heteroatoms. The van der Waals surface area contributed by atoms with Crippen LogP contribution in [-0.4, -0.2) is 48.3 Å². The molecule has 8 nitrogen and oxygen atoms in total. The first kappa shape index (κ1) is 18.7. The van der Waals surface area contributed by atoms with Crippen molar-refractivity contribution in [1.29, 1.82) is 0 Å². The third kappa shape index (κ3) is 3.78. The number of hydrogen-bond acceptors (Lipinski definition) is 7. The van der Waals surface area contributed by atoms with Crippen molar-refractivity contribution >= 4 is 22.6 Å². The molecule has 1 fully saturated rings. The van der Waals surface area contributed by atoms with Crippen LogP contribution < -0.4 is 5.32 Å². The second-order valence-corrected chi connectivity index (χ2v) is 7.28. The van der Waals surface area contributed by atoms with Crippen molar-refractivity contribution in [3.63, 3.8) is 0 Å². The van der Waals surface area contributed by atoms with Crippen LogP contribution in [0.15, 0.2) is 43.1 Å². The van der Waals surface area contributed by atoms with Gasteiger partial charge in [0.05, 0.1) is 17.8 Å². The van der Waals surface area contributed by atoms with E-state index in [1.54, 1.807) is 29.3 Å². The molecule has 0 radical (unpaired) electrons. The summed E-state index contributed by atoms with van der Waals surface area (Å²) in [6, 6.07) is 4.04. The lowest BCUT2D eigenvalue weighted by Crippen LogP contribution is -2.31. The van der Waals surface area contributed by atoms with Gasteiger partial charge in [-0.25, -0.2) is 19.5 Å². The summed E-state index contributed by atoms with van der Waals surface area (Å²) in [6.07, 6.45) is 10.9. The highest BCUT2D eigenvalue weighted by Crippen LogP contribution is 2.27. The Labute approximate surface area is 170 Å². The van der Waals surface area contributed by atoms with E-state index in [1.807, 2.05) is 18.3 Å². The van der Waals surface area contributed by atoms with Crippen molar-refractivity contribution in [3.8, 4) is 11.1 Å². The molecule has 4 aromatic heterocycles. The third-order valence-electron chi connectivity index (χ3n) is 5.35. The standard InChI is InChI=1S/C20H19F2N7O/c21-19(22)30-14-3-1-13(2-4-14)27-20-26-11-17-15(5-8-29(17)28-20)12-9-16-18(25-10-12)24-7-6-23-16/h5-11,13-14,19H,1-4H2,(H,27,28). The molecule has 1 aliphatic rings. The van der Waals surface area contributed by atoms with Crippen molar-refractivity contribution in [1.82, 2.24) is 29.5 Å². The Bertz CT molecular complexity index is 1170. The van der Waals surface area contributed by atoms with Gasteiger partial charge < -0.3 is 10.1 Å². The fourth-order valence-corrected chi connectivity index (χ4v) is 3.89. The van der Waals surface area contributed by atoms with Gasteiger partial charge in [0.25, 0.3) is 0 Å². The molecule has 154 valence electrons. The van der Waals surface area contributed by atoms with Crippen LogP contribution in [0.5, 0.6) is 0 Å². The number of aromatic nitrogens is 6. The van der Waals surface area contributed by atoms with Crippen LogP contribution in [0.25, 0.3) is 27.8 Å². The summed E-state index contributed by atoms with van der Waals surface area (Å²) in [4.78, 5) is 17.3. The smallest absolute Gasteiger partial charge is 0.345 e. The Kier molecular flexibility index (Phi) is 4.91. The molecular formula is C20H19F2N7O. The van der Waals surface area contributed by atoms with E-state index in [0.29, 0.717) is 24.4 Å². The van der Waals surface area contributed by atoms with Crippen LogP contribution in [-0.2, 0) is 4.74 Å². The number of anilines is 1. The summed E-state index contributed by atoms with van der Waals surface area (Å²) < 4.78 is 31.1. The fraction of sp³-hybridized carbons (Fsp3) is 0.350. The lowest BCUT2D eigenvalue weighted by Gasteiger charge is -2.28. The Balaban J connectivity index is 1.33. The predicted octanol–water partition coefficient (Wildman–Crippen LogP) is 3.70. The number of halogens is 2. The number of pyridine rings is 1. The van der Waals surface area contributed by atoms with E-state index in [1.165, 1.54) is 0 Å².